The molecule has 0 fully saturated rings. The maximum absolute atomic E-state index is 4.33. The molecule has 0 amide bonds. The maximum atomic E-state index is 4.33. The smallest absolute Gasteiger partial charge is 0.198 e. The van der Waals surface area contributed by atoms with Crippen LogP contribution in [0.25, 0.3) is 5.82 Å². The van der Waals surface area contributed by atoms with E-state index in [0.717, 1.165) is 17.1 Å². The summed E-state index contributed by atoms with van der Waals surface area (Å²) in [5.41, 5.74) is 2.12. The quantitative estimate of drug-likeness (QED) is 0.795. The highest BCUT2D eigenvalue weighted by Gasteiger charge is 2.08. The van der Waals surface area contributed by atoms with Gasteiger partial charge in [-0.2, -0.15) is 5.10 Å². The molecule has 2 rings (SSSR count). The van der Waals surface area contributed by atoms with Crippen molar-refractivity contribution in [1.82, 2.24) is 19.7 Å². The van der Waals surface area contributed by atoms with Gasteiger partial charge in [-0.3, -0.25) is 0 Å². The van der Waals surface area contributed by atoms with E-state index in [1.807, 2.05) is 25.4 Å². The van der Waals surface area contributed by atoms with Gasteiger partial charge in [-0.25, -0.2) is 14.6 Å². The average Bonchev–Trinajstić information content (AvgIpc) is 2.64. The van der Waals surface area contributed by atoms with Gasteiger partial charge in [0.1, 0.15) is 0 Å². The van der Waals surface area contributed by atoms with Crippen LogP contribution in [0.4, 0.5) is 0 Å². The van der Waals surface area contributed by atoms with E-state index in [4.69, 9.17) is 0 Å². The van der Waals surface area contributed by atoms with Crippen LogP contribution >= 0.6 is 15.9 Å². The number of aryl methyl sites for hydroxylation is 1. The number of hydrogen-bond donors (Lipinski definition) is 0. The summed E-state index contributed by atoms with van der Waals surface area (Å²) in [4.78, 5) is 8.64. The monoisotopic (exact) mass is 280 g/mol. The molecular formula is C11H13BrN4. The Morgan fingerprint density at radius 1 is 1.31 bits per heavy atom. The molecule has 16 heavy (non-hydrogen) atoms. The number of halogens is 1. The number of nitrogens with zero attached hydrogens (tertiary/aromatic N) is 4. The van der Waals surface area contributed by atoms with Crippen molar-refractivity contribution < 1.29 is 0 Å². The van der Waals surface area contributed by atoms with Crippen molar-refractivity contribution in [3.8, 4) is 5.82 Å². The molecule has 0 aliphatic heterocycles. The molecule has 5 heteroatoms. The summed E-state index contributed by atoms with van der Waals surface area (Å²) in [6, 6.07) is 1.96. The van der Waals surface area contributed by atoms with Crippen LogP contribution in [0.3, 0.4) is 0 Å². The van der Waals surface area contributed by atoms with Gasteiger partial charge in [-0.1, -0.05) is 13.8 Å². The van der Waals surface area contributed by atoms with Crippen LogP contribution in [0.5, 0.6) is 0 Å². The van der Waals surface area contributed by atoms with Gasteiger partial charge in [0.05, 0.1) is 6.20 Å². The summed E-state index contributed by atoms with van der Waals surface area (Å²) < 4.78 is 2.36. The van der Waals surface area contributed by atoms with Gasteiger partial charge < -0.3 is 0 Å². The highest BCUT2D eigenvalue weighted by Crippen LogP contribution is 2.17. The predicted molar refractivity (Wildman–Crippen MR) is 65.7 cm³/mol. The molecule has 2 heterocycles. The van der Waals surface area contributed by atoms with Gasteiger partial charge in [0.25, 0.3) is 0 Å². The molecule has 0 radical (unpaired) electrons. The summed E-state index contributed by atoms with van der Waals surface area (Å²) in [6.07, 6.45) is 3.75. The largest absolute Gasteiger partial charge is 0.227 e. The lowest BCUT2D eigenvalue weighted by Gasteiger charge is -2.07. The molecule has 0 unspecified atom stereocenters. The zero-order valence-electron chi connectivity index (χ0n) is 9.48. The molecule has 0 aromatic carbocycles. The minimum absolute atomic E-state index is 0.370. The van der Waals surface area contributed by atoms with Crippen LogP contribution in [-0.2, 0) is 0 Å². The molecule has 0 aliphatic rings. The Bertz CT molecular complexity index is 504. The molecule has 0 spiro atoms. The molecular weight excluding hydrogens is 268 g/mol. The first-order valence-corrected chi connectivity index (χ1v) is 5.91. The first-order valence-electron chi connectivity index (χ1n) is 5.12. The van der Waals surface area contributed by atoms with Gasteiger partial charge in [-0.15, -0.1) is 0 Å². The fourth-order valence-electron chi connectivity index (χ4n) is 1.37. The van der Waals surface area contributed by atoms with Crippen molar-refractivity contribution in [3.63, 3.8) is 0 Å². The Hall–Kier alpha value is -1.23. The van der Waals surface area contributed by atoms with Crippen LogP contribution in [-0.4, -0.2) is 19.7 Å². The summed E-state index contributed by atoms with van der Waals surface area (Å²) in [6.45, 7) is 6.21. The zero-order chi connectivity index (χ0) is 11.7. The SMILES string of the molecule is Cc1cnn(-c2cc(C(C)C)nc(Br)n2)c1. The Morgan fingerprint density at radius 2 is 2.06 bits per heavy atom. The molecule has 0 aliphatic carbocycles. The second kappa shape index (κ2) is 4.33. The lowest BCUT2D eigenvalue weighted by molar-refractivity contribution is 0.775. The third-order valence-corrected chi connectivity index (χ3v) is 2.60. The highest BCUT2D eigenvalue weighted by molar-refractivity contribution is 9.10. The summed E-state index contributed by atoms with van der Waals surface area (Å²) in [5, 5.41) is 4.23. The van der Waals surface area contributed by atoms with Gasteiger partial charge in [0.2, 0.25) is 0 Å². The predicted octanol–water partition coefficient (Wildman–Crippen LogP) is 2.86. The molecule has 2 aromatic rings. The Labute approximate surface area is 103 Å². The van der Waals surface area contributed by atoms with E-state index in [1.54, 1.807) is 4.68 Å². The van der Waals surface area contributed by atoms with Crippen molar-refractivity contribution >= 4 is 15.9 Å². The van der Waals surface area contributed by atoms with E-state index in [0.29, 0.717) is 10.7 Å². The van der Waals surface area contributed by atoms with Crippen LogP contribution in [0.2, 0.25) is 0 Å². The van der Waals surface area contributed by atoms with Crippen molar-refractivity contribution in [2.45, 2.75) is 26.7 Å². The first-order chi connectivity index (χ1) is 7.56. The summed E-state index contributed by atoms with van der Waals surface area (Å²) >= 11 is 3.32. The van der Waals surface area contributed by atoms with Crippen LogP contribution < -0.4 is 0 Å². The Kier molecular flexibility index (Phi) is 3.05. The third-order valence-electron chi connectivity index (χ3n) is 2.24. The lowest BCUT2D eigenvalue weighted by Crippen LogP contribution is -2.03. The molecule has 2 aromatic heterocycles. The maximum Gasteiger partial charge on any atom is 0.198 e. The molecule has 0 atom stereocenters. The second-order valence-corrected chi connectivity index (χ2v) is 4.75. The fourth-order valence-corrected chi connectivity index (χ4v) is 1.76. The van der Waals surface area contributed by atoms with Crippen molar-refractivity contribution in [1.29, 1.82) is 0 Å². The fraction of sp³-hybridized carbons (Fsp3) is 0.364. The van der Waals surface area contributed by atoms with Crippen molar-refractivity contribution in [2.75, 3.05) is 0 Å². The summed E-state index contributed by atoms with van der Waals surface area (Å²) in [7, 11) is 0. The highest BCUT2D eigenvalue weighted by atomic mass is 79.9. The molecule has 0 saturated carbocycles. The molecule has 84 valence electrons. The standard InChI is InChI=1S/C11H13BrN4/c1-7(2)9-4-10(15-11(12)14-9)16-6-8(3)5-13-16/h4-7H,1-3H3. The Morgan fingerprint density at radius 3 is 2.62 bits per heavy atom. The molecule has 0 bridgehead atoms. The van der Waals surface area contributed by atoms with Crippen LogP contribution in [0, 0.1) is 6.92 Å². The van der Waals surface area contributed by atoms with Crippen molar-refractivity contribution in [3.05, 3.63) is 34.5 Å². The average molecular weight is 281 g/mol. The van der Waals surface area contributed by atoms with Gasteiger partial charge >= 0.3 is 0 Å². The number of rotatable bonds is 2. The topological polar surface area (TPSA) is 43.6 Å². The summed E-state index contributed by atoms with van der Waals surface area (Å²) in [5.74, 6) is 1.16. The minimum Gasteiger partial charge on any atom is -0.227 e. The van der Waals surface area contributed by atoms with E-state index < -0.39 is 0 Å². The Balaban J connectivity index is 2.49. The zero-order valence-corrected chi connectivity index (χ0v) is 11.1. The van der Waals surface area contributed by atoms with E-state index in [2.05, 4.69) is 44.8 Å². The second-order valence-electron chi connectivity index (χ2n) is 4.04. The lowest BCUT2D eigenvalue weighted by atomic mass is 10.1. The third kappa shape index (κ3) is 2.29. The van der Waals surface area contributed by atoms with E-state index in [1.165, 1.54) is 0 Å². The first kappa shape index (κ1) is 11.3. The van der Waals surface area contributed by atoms with E-state index in [-0.39, 0.29) is 0 Å². The number of hydrogen-bond acceptors (Lipinski definition) is 3. The van der Waals surface area contributed by atoms with Crippen LogP contribution in [0.1, 0.15) is 31.0 Å². The molecule has 4 nitrogen and oxygen atoms in total. The van der Waals surface area contributed by atoms with Gasteiger partial charge in [-0.05, 0) is 34.3 Å². The van der Waals surface area contributed by atoms with Crippen molar-refractivity contribution in [2.24, 2.45) is 0 Å². The van der Waals surface area contributed by atoms with Gasteiger partial charge in [0, 0.05) is 18.0 Å². The normalized spacial score (nSPS) is 11.1. The number of aromatic nitrogens is 4. The molecule has 0 saturated heterocycles. The minimum atomic E-state index is 0.370. The molecule has 0 N–H and O–H groups in total. The van der Waals surface area contributed by atoms with E-state index in [9.17, 15) is 0 Å². The van der Waals surface area contributed by atoms with Crippen LogP contribution in [0.15, 0.2) is 23.2 Å². The van der Waals surface area contributed by atoms with E-state index >= 15 is 0 Å². The van der Waals surface area contributed by atoms with Gasteiger partial charge in [0.15, 0.2) is 10.6 Å².